The molecule has 1 saturated heterocycles. The number of nitro groups is 1. The second-order valence-electron chi connectivity index (χ2n) is 5.88. The van der Waals surface area contributed by atoms with Gasteiger partial charge in [0.2, 0.25) is 15.9 Å². The zero-order valence-electron chi connectivity index (χ0n) is 14.5. The van der Waals surface area contributed by atoms with E-state index >= 15 is 0 Å². The summed E-state index contributed by atoms with van der Waals surface area (Å²) in [5.74, 6) is 0.307. The number of sulfonamides is 1. The Morgan fingerprint density at radius 3 is 2.67 bits per heavy atom. The van der Waals surface area contributed by atoms with E-state index in [0.717, 1.165) is 0 Å². The van der Waals surface area contributed by atoms with Crippen molar-refractivity contribution in [2.45, 2.75) is 23.8 Å². The van der Waals surface area contributed by atoms with Crippen LogP contribution in [0.4, 0.5) is 5.69 Å². The van der Waals surface area contributed by atoms with Gasteiger partial charge in [-0.3, -0.25) is 10.1 Å². The molecule has 0 radical (unpaired) electrons. The number of benzene rings is 1. The molecule has 1 aromatic carbocycles. The van der Waals surface area contributed by atoms with E-state index < -0.39 is 14.9 Å². The Balaban J connectivity index is 1.73. The van der Waals surface area contributed by atoms with Crippen molar-refractivity contribution in [2.75, 3.05) is 20.2 Å². The summed E-state index contributed by atoms with van der Waals surface area (Å²) in [4.78, 5) is 18.1. The molecular formula is C16H18N4O6S. The molecule has 1 fully saturated rings. The van der Waals surface area contributed by atoms with Gasteiger partial charge in [-0.05, 0) is 25.0 Å². The first kappa shape index (κ1) is 19.0. The van der Waals surface area contributed by atoms with Crippen LogP contribution in [0, 0.1) is 10.1 Å². The number of rotatable bonds is 6. The van der Waals surface area contributed by atoms with Crippen LogP contribution in [0.5, 0.6) is 11.9 Å². The molecule has 1 atom stereocenters. The fraction of sp³-hybridized carbons (Fsp3) is 0.375. The van der Waals surface area contributed by atoms with Crippen molar-refractivity contribution in [3.63, 3.8) is 0 Å². The van der Waals surface area contributed by atoms with Gasteiger partial charge in [-0.2, -0.15) is 9.29 Å². The number of ether oxygens (including phenoxy) is 2. The fourth-order valence-corrected chi connectivity index (χ4v) is 4.28. The van der Waals surface area contributed by atoms with Crippen LogP contribution in [0.3, 0.4) is 0 Å². The van der Waals surface area contributed by atoms with E-state index in [0.29, 0.717) is 25.3 Å². The van der Waals surface area contributed by atoms with Crippen molar-refractivity contribution >= 4 is 15.7 Å². The quantitative estimate of drug-likeness (QED) is 0.535. The van der Waals surface area contributed by atoms with Crippen molar-refractivity contribution in [2.24, 2.45) is 0 Å². The summed E-state index contributed by atoms with van der Waals surface area (Å²) in [6.45, 7) is 0.512. The van der Waals surface area contributed by atoms with Gasteiger partial charge >= 0.3 is 6.01 Å². The molecule has 144 valence electrons. The molecule has 3 rings (SSSR count). The Hall–Kier alpha value is -2.79. The van der Waals surface area contributed by atoms with Gasteiger partial charge in [-0.15, -0.1) is 0 Å². The Labute approximate surface area is 156 Å². The molecule has 2 heterocycles. The summed E-state index contributed by atoms with van der Waals surface area (Å²) < 4.78 is 37.7. The number of hydrogen-bond donors (Lipinski definition) is 0. The van der Waals surface area contributed by atoms with Gasteiger partial charge in [0.25, 0.3) is 5.69 Å². The van der Waals surface area contributed by atoms with Crippen LogP contribution in [0.1, 0.15) is 12.8 Å². The van der Waals surface area contributed by atoms with Crippen molar-refractivity contribution in [3.05, 3.63) is 46.6 Å². The van der Waals surface area contributed by atoms with Gasteiger partial charge in [0, 0.05) is 30.9 Å². The number of piperidine rings is 1. The Morgan fingerprint density at radius 2 is 2.00 bits per heavy atom. The van der Waals surface area contributed by atoms with E-state index in [-0.39, 0.29) is 29.2 Å². The third kappa shape index (κ3) is 4.31. The number of nitro benzene ring substituents is 1. The summed E-state index contributed by atoms with van der Waals surface area (Å²) in [6.07, 6.45) is 2.43. The Kier molecular flexibility index (Phi) is 5.51. The highest BCUT2D eigenvalue weighted by atomic mass is 32.2. The molecule has 0 amide bonds. The average molecular weight is 394 g/mol. The second-order valence-corrected chi connectivity index (χ2v) is 7.82. The topological polar surface area (TPSA) is 125 Å². The maximum Gasteiger partial charge on any atom is 0.319 e. The third-order valence-electron chi connectivity index (χ3n) is 4.10. The number of methoxy groups -OCH3 is 1. The molecule has 0 aliphatic carbocycles. The largest absolute Gasteiger partial charge is 0.473 e. The van der Waals surface area contributed by atoms with Crippen molar-refractivity contribution in [1.29, 1.82) is 0 Å². The zero-order valence-corrected chi connectivity index (χ0v) is 15.3. The van der Waals surface area contributed by atoms with E-state index in [1.54, 1.807) is 6.07 Å². The van der Waals surface area contributed by atoms with Crippen molar-refractivity contribution in [1.82, 2.24) is 14.3 Å². The lowest BCUT2D eigenvalue weighted by molar-refractivity contribution is -0.384. The maximum atomic E-state index is 12.8. The minimum atomic E-state index is -3.77. The number of aromatic nitrogens is 2. The van der Waals surface area contributed by atoms with Gasteiger partial charge in [0.15, 0.2) is 0 Å². The van der Waals surface area contributed by atoms with E-state index in [1.165, 1.54) is 41.9 Å². The summed E-state index contributed by atoms with van der Waals surface area (Å²) in [6, 6.07) is 6.58. The fourth-order valence-electron chi connectivity index (χ4n) is 2.77. The smallest absolute Gasteiger partial charge is 0.319 e. The highest BCUT2D eigenvalue weighted by Gasteiger charge is 2.31. The van der Waals surface area contributed by atoms with Crippen LogP contribution in [0.25, 0.3) is 0 Å². The summed E-state index contributed by atoms with van der Waals surface area (Å²) in [5, 5.41) is 10.7. The lowest BCUT2D eigenvalue weighted by Gasteiger charge is -2.31. The van der Waals surface area contributed by atoms with E-state index in [2.05, 4.69) is 9.97 Å². The van der Waals surface area contributed by atoms with Crippen LogP contribution < -0.4 is 9.47 Å². The molecule has 27 heavy (non-hydrogen) atoms. The maximum absolute atomic E-state index is 12.8. The monoisotopic (exact) mass is 394 g/mol. The normalized spacial score (nSPS) is 18.0. The first-order valence-electron chi connectivity index (χ1n) is 8.18. The summed E-state index contributed by atoms with van der Waals surface area (Å²) >= 11 is 0. The number of nitrogens with zero attached hydrogens (tertiary/aromatic N) is 4. The Morgan fingerprint density at radius 1 is 1.26 bits per heavy atom. The lowest BCUT2D eigenvalue weighted by Crippen LogP contribution is -2.44. The highest BCUT2D eigenvalue weighted by Crippen LogP contribution is 2.24. The SMILES string of the molecule is COc1nccc(OC2CCCN(S(=O)(=O)c3ccc([N+](=O)[O-])cc3)C2)n1. The minimum Gasteiger partial charge on any atom is -0.473 e. The predicted octanol–water partition coefficient (Wildman–Crippen LogP) is 1.63. The van der Waals surface area contributed by atoms with Crippen molar-refractivity contribution in [3.8, 4) is 11.9 Å². The molecular weight excluding hydrogens is 376 g/mol. The van der Waals surface area contributed by atoms with Gasteiger partial charge in [0.05, 0.1) is 23.5 Å². The van der Waals surface area contributed by atoms with Crippen LogP contribution in [0.2, 0.25) is 0 Å². The number of non-ortho nitro benzene ring substituents is 1. The molecule has 0 bridgehead atoms. The number of hydrogen-bond acceptors (Lipinski definition) is 8. The van der Waals surface area contributed by atoms with E-state index in [9.17, 15) is 18.5 Å². The van der Waals surface area contributed by atoms with Crippen LogP contribution in [-0.4, -0.2) is 53.9 Å². The Bertz CT molecular complexity index is 919. The molecule has 10 nitrogen and oxygen atoms in total. The standard InChI is InChI=1S/C16H18N4O6S/c1-25-16-17-9-8-15(18-16)26-13-3-2-10-19(11-13)27(23,24)14-6-4-12(5-7-14)20(21)22/h4-9,13H,2-3,10-11H2,1H3. The zero-order chi connectivity index (χ0) is 19.4. The van der Waals surface area contributed by atoms with E-state index in [4.69, 9.17) is 9.47 Å². The average Bonchev–Trinajstić information content (AvgIpc) is 2.68. The van der Waals surface area contributed by atoms with Crippen LogP contribution in [-0.2, 0) is 10.0 Å². The molecule has 0 N–H and O–H groups in total. The molecule has 1 unspecified atom stereocenters. The molecule has 1 aromatic heterocycles. The van der Waals surface area contributed by atoms with Crippen LogP contribution >= 0.6 is 0 Å². The van der Waals surface area contributed by atoms with Crippen LogP contribution in [0.15, 0.2) is 41.4 Å². The minimum absolute atomic E-state index is 0.0115. The summed E-state index contributed by atoms with van der Waals surface area (Å²) in [7, 11) is -2.33. The third-order valence-corrected chi connectivity index (χ3v) is 5.98. The molecule has 1 aliphatic heterocycles. The predicted molar refractivity (Wildman–Crippen MR) is 94.1 cm³/mol. The second kappa shape index (κ2) is 7.84. The lowest BCUT2D eigenvalue weighted by atomic mass is 10.1. The van der Waals surface area contributed by atoms with Gasteiger partial charge in [-0.25, -0.2) is 13.4 Å². The first-order chi connectivity index (χ1) is 12.9. The van der Waals surface area contributed by atoms with Gasteiger partial charge < -0.3 is 9.47 Å². The highest BCUT2D eigenvalue weighted by molar-refractivity contribution is 7.89. The van der Waals surface area contributed by atoms with Crippen molar-refractivity contribution < 1.29 is 22.8 Å². The first-order valence-corrected chi connectivity index (χ1v) is 9.62. The van der Waals surface area contributed by atoms with E-state index in [1.807, 2.05) is 0 Å². The summed E-state index contributed by atoms with van der Waals surface area (Å²) in [5.41, 5.74) is -0.161. The molecule has 11 heteroatoms. The van der Waals surface area contributed by atoms with Gasteiger partial charge in [-0.1, -0.05) is 0 Å². The van der Waals surface area contributed by atoms with Gasteiger partial charge in [0.1, 0.15) is 6.10 Å². The molecule has 2 aromatic rings. The molecule has 1 aliphatic rings. The molecule has 0 spiro atoms. The molecule has 0 saturated carbocycles.